The molecule has 0 spiro atoms. The Labute approximate surface area is 91.5 Å². The Kier molecular flexibility index (Phi) is 2.40. The molecule has 2 rings (SSSR count). The molecule has 0 saturated heterocycles. The summed E-state index contributed by atoms with van der Waals surface area (Å²) in [6.45, 7) is 1.75. The van der Waals surface area contributed by atoms with Crippen LogP contribution in [0.3, 0.4) is 0 Å². The first-order valence-corrected chi connectivity index (χ1v) is 4.72. The van der Waals surface area contributed by atoms with E-state index in [1.165, 1.54) is 0 Å². The summed E-state index contributed by atoms with van der Waals surface area (Å²) in [5, 5.41) is 13.8. The van der Waals surface area contributed by atoms with Crippen molar-refractivity contribution in [2.45, 2.75) is 6.92 Å². The molecule has 0 aliphatic carbocycles. The normalized spacial score (nSPS) is 10.4. The zero-order valence-electron chi connectivity index (χ0n) is 8.89. The Morgan fingerprint density at radius 1 is 1.44 bits per heavy atom. The molecule has 1 aromatic carbocycles. The van der Waals surface area contributed by atoms with Crippen molar-refractivity contribution in [3.63, 3.8) is 0 Å². The van der Waals surface area contributed by atoms with E-state index in [1.54, 1.807) is 32.3 Å². The SMILES string of the molecule is CNc1ccc2ncc(C)nc2c1[N+](=O)[O-]. The minimum absolute atomic E-state index is 0.0313. The molecule has 82 valence electrons. The van der Waals surface area contributed by atoms with Gasteiger partial charge in [0, 0.05) is 13.2 Å². The number of nitrogens with one attached hydrogen (secondary N) is 1. The molecular weight excluding hydrogens is 208 g/mol. The number of rotatable bonds is 2. The minimum Gasteiger partial charge on any atom is -0.382 e. The molecule has 2 aromatic rings. The average molecular weight is 218 g/mol. The van der Waals surface area contributed by atoms with Crippen LogP contribution in [0, 0.1) is 17.0 Å². The first kappa shape index (κ1) is 10.3. The zero-order valence-corrected chi connectivity index (χ0v) is 8.89. The maximum absolute atomic E-state index is 11.0. The molecule has 0 bridgehead atoms. The Bertz CT molecular complexity index is 568. The van der Waals surface area contributed by atoms with Gasteiger partial charge in [0.1, 0.15) is 5.69 Å². The van der Waals surface area contributed by atoms with Crippen LogP contribution in [0.2, 0.25) is 0 Å². The Hall–Kier alpha value is -2.24. The molecule has 0 unspecified atom stereocenters. The van der Waals surface area contributed by atoms with Gasteiger partial charge in [0.25, 0.3) is 0 Å². The summed E-state index contributed by atoms with van der Waals surface area (Å²) in [5.74, 6) is 0. The summed E-state index contributed by atoms with van der Waals surface area (Å²) in [4.78, 5) is 18.8. The van der Waals surface area contributed by atoms with Gasteiger partial charge in [-0.1, -0.05) is 0 Å². The molecule has 0 atom stereocenters. The zero-order chi connectivity index (χ0) is 11.7. The van der Waals surface area contributed by atoms with Crippen molar-refractivity contribution in [2.75, 3.05) is 12.4 Å². The molecule has 0 saturated carbocycles. The summed E-state index contributed by atoms with van der Waals surface area (Å²) in [6, 6.07) is 3.34. The Morgan fingerprint density at radius 2 is 2.19 bits per heavy atom. The molecule has 6 nitrogen and oxygen atoms in total. The molecule has 1 heterocycles. The average Bonchev–Trinajstić information content (AvgIpc) is 2.26. The van der Waals surface area contributed by atoms with Crippen LogP contribution >= 0.6 is 0 Å². The first-order chi connectivity index (χ1) is 7.63. The maximum Gasteiger partial charge on any atom is 0.319 e. The monoisotopic (exact) mass is 218 g/mol. The van der Waals surface area contributed by atoms with Crippen molar-refractivity contribution < 1.29 is 4.92 Å². The lowest BCUT2D eigenvalue weighted by molar-refractivity contribution is -0.382. The van der Waals surface area contributed by atoms with Crippen LogP contribution < -0.4 is 5.32 Å². The second-order valence-corrected chi connectivity index (χ2v) is 3.35. The van der Waals surface area contributed by atoms with Gasteiger partial charge in [0.05, 0.1) is 16.1 Å². The van der Waals surface area contributed by atoms with Gasteiger partial charge in [0.2, 0.25) is 0 Å². The van der Waals surface area contributed by atoms with Crippen LogP contribution in [0.25, 0.3) is 11.0 Å². The number of benzene rings is 1. The molecule has 0 aliphatic heterocycles. The summed E-state index contributed by atoms with van der Waals surface area (Å²) < 4.78 is 0. The minimum atomic E-state index is -0.442. The summed E-state index contributed by atoms with van der Waals surface area (Å²) in [7, 11) is 1.64. The third kappa shape index (κ3) is 1.54. The highest BCUT2D eigenvalue weighted by molar-refractivity contribution is 5.91. The van der Waals surface area contributed by atoms with Gasteiger partial charge in [-0.2, -0.15) is 0 Å². The van der Waals surface area contributed by atoms with Crippen molar-refractivity contribution in [3.8, 4) is 0 Å². The summed E-state index contributed by atoms with van der Waals surface area (Å²) in [5.41, 5.74) is 1.91. The lowest BCUT2D eigenvalue weighted by Gasteiger charge is -2.04. The molecular formula is C10H10N4O2. The fourth-order valence-electron chi connectivity index (χ4n) is 1.54. The van der Waals surface area contributed by atoms with Crippen LogP contribution in [0.5, 0.6) is 0 Å². The van der Waals surface area contributed by atoms with E-state index < -0.39 is 4.92 Å². The van der Waals surface area contributed by atoms with Gasteiger partial charge in [-0.15, -0.1) is 0 Å². The second-order valence-electron chi connectivity index (χ2n) is 3.35. The Morgan fingerprint density at radius 3 is 2.81 bits per heavy atom. The van der Waals surface area contributed by atoms with Gasteiger partial charge in [-0.25, -0.2) is 4.98 Å². The molecule has 6 heteroatoms. The molecule has 0 aliphatic rings. The summed E-state index contributed by atoms with van der Waals surface area (Å²) in [6.07, 6.45) is 1.59. The smallest absolute Gasteiger partial charge is 0.319 e. The van der Waals surface area contributed by atoms with Crippen molar-refractivity contribution >= 4 is 22.4 Å². The first-order valence-electron chi connectivity index (χ1n) is 4.72. The molecule has 16 heavy (non-hydrogen) atoms. The van der Waals surface area contributed by atoms with E-state index in [0.29, 0.717) is 22.4 Å². The van der Waals surface area contributed by atoms with Crippen LogP contribution in [0.4, 0.5) is 11.4 Å². The quantitative estimate of drug-likeness (QED) is 0.614. The predicted molar refractivity (Wildman–Crippen MR) is 60.5 cm³/mol. The highest BCUT2D eigenvalue weighted by atomic mass is 16.6. The lowest BCUT2D eigenvalue weighted by Crippen LogP contribution is -2.00. The number of aryl methyl sites for hydroxylation is 1. The fourth-order valence-corrected chi connectivity index (χ4v) is 1.54. The number of aromatic nitrogens is 2. The van der Waals surface area contributed by atoms with E-state index in [2.05, 4.69) is 15.3 Å². The van der Waals surface area contributed by atoms with Crippen LogP contribution in [-0.4, -0.2) is 21.9 Å². The number of hydrogen-bond donors (Lipinski definition) is 1. The van der Waals surface area contributed by atoms with Crippen LogP contribution in [0.15, 0.2) is 18.3 Å². The molecule has 0 radical (unpaired) electrons. The van der Waals surface area contributed by atoms with E-state index in [0.717, 1.165) is 0 Å². The van der Waals surface area contributed by atoms with Crippen LogP contribution in [0.1, 0.15) is 5.69 Å². The van der Waals surface area contributed by atoms with Gasteiger partial charge in [-0.05, 0) is 19.1 Å². The maximum atomic E-state index is 11.0. The van der Waals surface area contributed by atoms with E-state index in [9.17, 15) is 10.1 Å². The Balaban J connectivity index is 2.87. The molecule has 0 fully saturated rings. The number of hydrogen-bond acceptors (Lipinski definition) is 5. The predicted octanol–water partition coefficient (Wildman–Crippen LogP) is 1.89. The molecule has 1 N–H and O–H groups in total. The van der Waals surface area contributed by atoms with Crippen LogP contribution in [-0.2, 0) is 0 Å². The van der Waals surface area contributed by atoms with E-state index in [4.69, 9.17) is 0 Å². The largest absolute Gasteiger partial charge is 0.382 e. The molecule has 0 amide bonds. The number of anilines is 1. The van der Waals surface area contributed by atoms with Gasteiger partial charge < -0.3 is 5.32 Å². The number of nitrogens with zero attached hydrogens (tertiary/aromatic N) is 3. The van der Waals surface area contributed by atoms with E-state index in [1.807, 2.05) is 0 Å². The van der Waals surface area contributed by atoms with Crippen molar-refractivity contribution in [1.29, 1.82) is 0 Å². The lowest BCUT2D eigenvalue weighted by atomic mass is 10.2. The second kappa shape index (κ2) is 3.73. The van der Waals surface area contributed by atoms with Crippen molar-refractivity contribution in [3.05, 3.63) is 34.1 Å². The third-order valence-corrected chi connectivity index (χ3v) is 2.26. The van der Waals surface area contributed by atoms with Crippen molar-refractivity contribution in [1.82, 2.24) is 9.97 Å². The van der Waals surface area contributed by atoms with Gasteiger partial charge in [-0.3, -0.25) is 15.1 Å². The van der Waals surface area contributed by atoms with Gasteiger partial charge in [0.15, 0.2) is 5.52 Å². The highest BCUT2D eigenvalue weighted by Crippen LogP contribution is 2.30. The fraction of sp³-hybridized carbons (Fsp3) is 0.200. The topological polar surface area (TPSA) is 81.0 Å². The third-order valence-electron chi connectivity index (χ3n) is 2.26. The summed E-state index contributed by atoms with van der Waals surface area (Å²) >= 11 is 0. The van der Waals surface area contributed by atoms with Gasteiger partial charge >= 0.3 is 5.69 Å². The standard InChI is InChI=1S/C10H10N4O2/c1-6-5-12-7-3-4-8(11-2)10(14(15)16)9(7)13-6/h3-5,11H,1-2H3. The van der Waals surface area contributed by atoms with Crippen molar-refractivity contribution in [2.24, 2.45) is 0 Å². The number of nitro benzene ring substituents is 1. The highest BCUT2D eigenvalue weighted by Gasteiger charge is 2.19. The number of fused-ring (bicyclic) bond motifs is 1. The van der Waals surface area contributed by atoms with E-state index >= 15 is 0 Å². The molecule has 1 aromatic heterocycles. The number of nitro groups is 1. The van der Waals surface area contributed by atoms with E-state index in [-0.39, 0.29) is 5.69 Å².